The highest BCUT2D eigenvalue weighted by Gasteiger charge is 2.33. The summed E-state index contributed by atoms with van der Waals surface area (Å²) in [6.07, 6.45) is 1.31. The van der Waals surface area contributed by atoms with E-state index in [9.17, 15) is 5.11 Å². The predicted octanol–water partition coefficient (Wildman–Crippen LogP) is 1.57. The molecule has 1 atom stereocenters. The number of hydrogen-bond donors (Lipinski definition) is 2. The van der Waals surface area contributed by atoms with E-state index < -0.39 is 0 Å². The van der Waals surface area contributed by atoms with Crippen LogP contribution in [0.15, 0.2) is 0 Å². The monoisotopic (exact) mass is 242 g/mol. The van der Waals surface area contributed by atoms with Crippen molar-refractivity contribution in [2.45, 2.75) is 34.1 Å². The van der Waals surface area contributed by atoms with Crippen molar-refractivity contribution in [3.05, 3.63) is 0 Å². The molecule has 0 aromatic carbocycles. The van der Waals surface area contributed by atoms with Crippen molar-refractivity contribution < 1.29 is 5.11 Å². The zero-order valence-corrected chi connectivity index (χ0v) is 12.2. The van der Waals surface area contributed by atoms with Crippen LogP contribution in [0, 0.1) is 16.7 Å². The summed E-state index contributed by atoms with van der Waals surface area (Å²) < 4.78 is 0. The number of likely N-dealkylation sites (tertiary alicyclic amines) is 1. The second-order valence-corrected chi connectivity index (χ2v) is 7.16. The predicted molar refractivity (Wildman–Crippen MR) is 73.1 cm³/mol. The van der Waals surface area contributed by atoms with Crippen molar-refractivity contribution >= 4 is 0 Å². The molecule has 1 aliphatic heterocycles. The van der Waals surface area contributed by atoms with Crippen molar-refractivity contribution in [2.75, 3.05) is 39.8 Å². The van der Waals surface area contributed by atoms with Gasteiger partial charge >= 0.3 is 0 Å². The minimum Gasteiger partial charge on any atom is -0.396 e. The minimum absolute atomic E-state index is 0.0114. The van der Waals surface area contributed by atoms with Crippen molar-refractivity contribution in [1.29, 1.82) is 0 Å². The first-order chi connectivity index (χ1) is 7.77. The third-order valence-corrected chi connectivity index (χ3v) is 4.11. The molecule has 0 aromatic heterocycles. The molecule has 0 radical (unpaired) electrons. The number of aliphatic hydroxyl groups excluding tert-OH is 1. The maximum atomic E-state index is 9.22. The summed E-state index contributed by atoms with van der Waals surface area (Å²) in [7, 11) is 2.21. The lowest BCUT2D eigenvalue weighted by Crippen LogP contribution is -2.41. The number of nitrogens with zero attached hydrogens (tertiary/aromatic N) is 1. The van der Waals surface area contributed by atoms with Crippen LogP contribution in [-0.4, -0.2) is 49.8 Å². The van der Waals surface area contributed by atoms with Crippen LogP contribution in [-0.2, 0) is 0 Å². The third kappa shape index (κ3) is 4.57. The average Bonchev–Trinajstić information content (AvgIpc) is 2.65. The van der Waals surface area contributed by atoms with Gasteiger partial charge in [0.05, 0.1) is 0 Å². The zero-order valence-electron chi connectivity index (χ0n) is 12.2. The van der Waals surface area contributed by atoms with Crippen LogP contribution in [0.2, 0.25) is 0 Å². The van der Waals surface area contributed by atoms with Gasteiger partial charge in [0.1, 0.15) is 0 Å². The second-order valence-electron chi connectivity index (χ2n) is 7.16. The fraction of sp³-hybridized carbons (Fsp3) is 1.00. The molecule has 0 amide bonds. The van der Waals surface area contributed by atoms with Crippen molar-refractivity contribution in [3.63, 3.8) is 0 Å². The lowest BCUT2D eigenvalue weighted by atomic mass is 9.78. The maximum Gasteiger partial charge on any atom is 0.0494 e. The third-order valence-electron chi connectivity index (χ3n) is 4.11. The number of nitrogens with one attached hydrogen (secondary N) is 1. The van der Waals surface area contributed by atoms with Gasteiger partial charge in [-0.25, -0.2) is 0 Å². The van der Waals surface area contributed by atoms with Crippen LogP contribution in [0.3, 0.4) is 0 Å². The zero-order chi connectivity index (χ0) is 13.1. The summed E-state index contributed by atoms with van der Waals surface area (Å²) >= 11 is 0. The van der Waals surface area contributed by atoms with Gasteiger partial charge < -0.3 is 15.3 Å². The van der Waals surface area contributed by atoms with Gasteiger partial charge in [-0.2, -0.15) is 0 Å². The largest absolute Gasteiger partial charge is 0.396 e. The van der Waals surface area contributed by atoms with Crippen molar-refractivity contribution in [2.24, 2.45) is 16.7 Å². The molecule has 3 heteroatoms. The molecule has 1 aliphatic rings. The number of rotatable bonds is 6. The van der Waals surface area contributed by atoms with Crippen LogP contribution in [0.1, 0.15) is 34.1 Å². The van der Waals surface area contributed by atoms with Crippen LogP contribution in [0.4, 0.5) is 0 Å². The molecule has 0 aliphatic carbocycles. The average molecular weight is 242 g/mol. The highest BCUT2D eigenvalue weighted by molar-refractivity contribution is 4.87. The van der Waals surface area contributed by atoms with E-state index >= 15 is 0 Å². The Hall–Kier alpha value is -0.120. The van der Waals surface area contributed by atoms with Crippen LogP contribution in [0.25, 0.3) is 0 Å². The molecule has 1 fully saturated rings. The quantitative estimate of drug-likeness (QED) is 0.742. The summed E-state index contributed by atoms with van der Waals surface area (Å²) in [5.74, 6) is 0.789. The van der Waals surface area contributed by atoms with Crippen molar-refractivity contribution in [1.82, 2.24) is 10.2 Å². The molecule has 1 saturated heterocycles. The van der Waals surface area contributed by atoms with Gasteiger partial charge in [0, 0.05) is 31.7 Å². The van der Waals surface area contributed by atoms with Gasteiger partial charge in [0.25, 0.3) is 0 Å². The van der Waals surface area contributed by atoms with E-state index in [1.54, 1.807) is 0 Å². The molecule has 0 bridgehead atoms. The molecule has 0 spiro atoms. The van der Waals surface area contributed by atoms with E-state index in [4.69, 9.17) is 0 Å². The Morgan fingerprint density at radius 2 is 1.88 bits per heavy atom. The van der Waals surface area contributed by atoms with Gasteiger partial charge in [0.15, 0.2) is 0 Å². The molecule has 0 aromatic rings. The summed E-state index contributed by atoms with van der Waals surface area (Å²) in [5, 5.41) is 12.8. The lowest BCUT2D eigenvalue weighted by Gasteiger charge is -2.33. The highest BCUT2D eigenvalue weighted by Crippen LogP contribution is 2.33. The maximum absolute atomic E-state index is 9.22. The van der Waals surface area contributed by atoms with Gasteiger partial charge in [-0.3, -0.25) is 0 Å². The molecule has 1 heterocycles. The molecule has 17 heavy (non-hydrogen) atoms. The fourth-order valence-electron chi connectivity index (χ4n) is 2.50. The van der Waals surface area contributed by atoms with Crippen LogP contribution >= 0.6 is 0 Å². The van der Waals surface area contributed by atoms with E-state index in [-0.39, 0.29) is 12.0 Å². The molecule has 102 valence electrons. The summed E-state index contributed by atoms with van der Waals surface area (Å²) in [6.45, 7) is 13.5. The topological polar surface area (TPSA) is 35.5 Å². The molecule has 2 N–H and O–H groups in total. The summed E-state index contributed by atoms with van der Waals surface area (Å²) in [5.41, 5.74) is 0.332. The first-order valence-electron chi connectivity index (χ1n) is 6.77. The molecule has 0 saturated carbocycles. The number of aliphatic hydroxyl groups is 1. The van der Waals surface area contributed by atoms with Crippen LogP contribution < -0.4 is 5.32 Å². The number of hydrogen-bond acceptors (Lipinski definition) is 3. The standard InChI is InChI=1S/C14H30N2O/c1-13(2,11-17)9-15-10-14(3,4)12-6-7-16(5)8-12/h12,15,17H,6-11H2,1-5H3. The Labute approximate surface area is 107 Å². The Kier molecular flexibility index (Phi) is 4.99. The second kappa shape index (κ2) is 5.68. The van der Waals surface area contributed by atoms with Crippen LogP contribution in [0.5, 0.6) is 0 Å². The van der Waals surface area contributed by atoms with Gasteiger partial charge in [-0.05, 0) is 31.3 Å². The smallest absolute Gasteiger partial charge is 0.0494 e. The molecular formula is C14H30N2O. The van der Waals surface area contributed by atoms with Gasteiger partial charge in [-0.1, -0.05) is 27.7 Å². The van der Waals surface area contributed by atoms with E-state index in [1.165, 1.54) is 19.5 Å². The summed E-state index contributed by atoms with van der Waals surface area (Å²) in [4.78, 5) is 2.42. The van der Waals surface area contributed by atoms with Gasteiger partial charge in [0.2, 0.25) is 0 Å². The van der Waals surface area contributed by atoms with E-state index in [2.05, 4.69) is 45.0 Å². The Bertz CT molecular complexity index is 238. The Balaban J connectivity index is 2.34. The lowest BCUT2D eigenvalue weighted by molar-refractivity contribution is 0.143. The first-order valence-corrected chi connectivity index (χ1v) is 6.77. The minimum atomic E-state index is -0.0114. The first kappa shape index (κ1) is 14.9. The molecule has 1 unspecified atom stereocenters. The highest BCUT2D eigenvalue weighted by atomic mass is 16.3. The van der Waals surface area contributed by atoms with E-state index in [0.29, 0.717) is 5.41 Å². The summed E-state index contributed by atoms with van der Waals surface area (Å²) in [6, 6.07) is 0. The van der Waals surface area contributed by atoms with Gasteiger partial charge in [-0.15, -0.1) is 0 Å². The van der Waals surface area contributed by atoms with E-state index in [0.717, 1.165) is 19.0 Å². The fourth-order valence-corrected chi connectivity index (χ4v) is 2.50. The van der Waals surface area contributed by atoms with Crippen molar-refractivity contribution in [3.8, 4) is 0 Å². The Morgan fingerprint density at radius 3 is 2.35 bits per heavy atom. The SMILES string of the molecule is CN1CCC(C(C)(C)CNCC(C)(C)CO)C1. The normalized spacial score (nSPS) is 23.3. The molecular weight excluding hydrogens is 212 g/mol. The Morgan fingerprint density at radius 1 is 1.24 bits per heavy atom. The van der Waals surface area contributed by atoms with E-state index in [1.807, 2.05) is 0 Å². The molecule has 3 nitrogen and oxygen atoms in total. The molecule has 1 rings (SSSR count).